The lowest BCUT2D eigenvalue weighted by Gasteiger charge is -2.23. The lowest BCUT2D eigenvalue weighted by atomic mass is 9.95. The quantitative estimate of drug-likeness (QED) is 0.852. The van der Waals surface area contributed by atoms with E-state index in [0.717, 1.165) is 11.6 Å². The van der Waals surface area contributed by atoms with Gasteiger partial charge in [-0.1, -0.05) is 19.3 Å². The van der Waals surface area contributed by atoms with Gasteiger partial charge in [-0.05, 0) is 19.8 Å². The molecule has 1 fully saturated rings. The molecule has 88 valence electrons. The number of aromatic nitrogens is 2. The van der Waals surface area contributed by atoms with Crippen molar-refractivity contribution >= 4 is 5.82 Å². The number of ether oxygens (including phenoxy) is 1. The molecule has 1 aromatic heterocycles. The van der Waals surface area contributed by atoms with Gasteiger partial charge in [0.1, 0.15) is 11.6 Å². The predicted octanol–water partition coefficient (Wildman–Crippen LogP) is 2.54. The summed E-state index contributed by atoms with van der Waals surface area (Å²) in [5.41, 5.74) is 0. The molecule has 4 heteroatoms. The lowest BCUT2D eigenvalue weighted by molar-refractivity contribution is 0.395. The van der Waals surface area contributed by atoms with Gasteiger partial charge < -0.3 is 10.1 Å². The van der Waals surface area contributed by atoms with Gasteiger partial charge in [-0.3, -0.25) is 0 Å². The molecule has 0 unspecified atom stereocenters. The molecule has 4 nitrogen and oxygen atoms in total. The standard InChI is InChI=1S/C12H19N3O/c1-9-13-11(8-12(14-9)16-2)15-10-6-4-3-5-7-10/h8,10H,3-7H2,1-2H3,(H,13,14,15). The van der Waals surface area contributed by atoms with Crippen LogP contribution in [0.3, 0.4) is 0 Å². The van der Waals surface area contributed by atoms with E-state index >= 15 is 0 Å². The number of nitrogens with zero attached hydrogens (tertiary/aromatic N) is 2. The highest BCUT2D eigenvalue weighted by Gasteiger charge is 2.14. The predicted molar refractivity (Wildman–Crippen MR) is 63.8 cm³/mol. The third-order valence-electron chi connectivity index (χ3n) is 2.98. The zero-order valence-corrected chi connectivity index (χ0v) is 9.99. The van der Waals surface area contributed by atoms with E-state index in [2.05, 4.69) is 15.3 Å². The van der Waals surface area contributed by atoms with E-state index in [1.165, 1.54) is 32.1 Å². The molecule has 1 heterocycles. The normalized spacial score (nSPS) is 17.1. The van der Waals surface area contributed by atoms with E-state index in [9.17, 15) is 0 Å². The van der Waals surface area contributed by atoms with Gasteiger partial charge in [0.2, 0.25) is 5.88 Å². The molecule has 2 rings (SSSR count). The Kier molecular flexibility index (Phi) is 3.59. The van der Waals surface area contributed by atoms with Crippen LogP contribution in [0.2, 0.25) is 0 Å². The highest BCUT2D eigenvalue weighted by Crippen LogP contribution is 2.22. The number of nitrogens with one attached hydrogen (secondary N) is 1. The van der Waals surface area contributed by atoms with Crippen molar-refractivity contribution in [1.82, 2.24) is 9.97 Å². The lowest BCUT2D eigenvalue weighted by Crippen LogP contribution is -2.23. The first kappa shape index (κ1) is 11.2. The Morgan fingerprint density at radius 2 is 2.00 bits per heavy atom. The zero-order chi connectivity index (χ0) is 11.4. The first-order valence-corrected chi connectivity index (χ1v) is 5.94. The minimum absolute atomic E-state index is 0.563. The zero-order valence-electron chi connectivity index (χ0n) is 9.99. The van der Waals surface area contributed by atoms with E-state index < -0.39 is 0 Å². The van der Waals surface area contributed by atoms with Gasteiger partial charge in [-0.2, -0.15) is 4.98 Å². The van der Waals surface area contributed by atoms with Crippen LogP contribution in [0, 0.1) is 6.92 Å². The molecule has 1 saturated carbocycles. The van der Waals surface area contributed by atoms with Crippen molar-refractivity contribution in [3.63, 3.8) is 0 Å². The maximum absolute atomic E-state index is 5.13. The summed E-state index contributed by atoms with van der Waals surface area (Å²) < 4.78 is 5.13. The van der Waals surface area contributed by atoms with Gasteiger partial charge in [0.05, 0.1) is 7.11 Å². The summed E-state index contributed by atoms with van der Waals surface area (Å²) >= 11 is 0. The van der Waals surface area contributed by atoms with Crippen molar-refractivity contribution in [2.75, 3.05) is 12.4 Å². The summed E-state index contributed by atoms with van der Waals surface area (Å²) in [6.45, 7) is 1.88. The molecule has 0 amide bonds. The van der Waals surface area contributed by atoms with Crippen molar-refractivity contribution in [3.05, 3.63) is 11.9 Å². The third-order valence-corrected chi connectivity index (χ3v) is 2.98. The Hall–Kier alpha value is -1.32. The number of anilines is 1. The van der Waals surface area contributed by atoms with Gasteiger partial charge in [0.25, 0.3) is 0 Å². The molecule has 1 aromatic rings. The Bertz CT molecular complexity index is 348. The Balaban J connectivity index is 2.04. The number of methoxy groups -OCH3 is 1. The van der Waals surface area contributed by atoms with Crippen LogP contribution in [-0.2, 0) is 0 Å². The van der Waals surface area contributed by atoms with Crippen LogP contribution < -0.4 is 10.1 Å². The summed E-state index contributed by atoms with van der Waals surface area (Å²) in [5.74, 6) is 2.26. The molecule has 0 bridgehead atoms. The molecule has 0 atom stereocenters. The molecule has 0 aromatic carbocycles. The molecule has 0 saturated heterocycles. The van der Waals surface area contributed by atoms with Gasteiger partial charge >= 0.3 is 0 Å². The molecular weight excluding hydrogens is 202 g/mol. The van der Waals surface area contributed by atoms with Gasteiger partial charge in [0, 0.05) is 12.1 Å². The summed E-state index contributed by atoms with van der Waals surface area (Å²) in [5, 5.41) is 3.47. The highest BCUT2D eigenvalue weighted by molar-refractivity contribution is 5.39. The smallest absolute Gasteiger partial charge is 0.218 e. The molecule has 1 aliphatic rings. The second-order valence-corrected chi connectivity index (χ2v) is 4.32. The molecule has 0 aliphatic heterocycles. The first-order valence-electron chi connectivity index (χ1n) is 5.94. The Labute approximate surface area is 96.4 Å². The fraction of sp³-hybridized carbons (Fsp3) is 0.667. The summed E-state index contributed by atoms with van der Waals surface area (Å²) in [7, 11) is 1.63. The molecular formula is C12H19N3O. The maximum atomic E-state index is 5.13. The molecule has 0 radical (unpaired) electrons. The summed E-state index contributed by atoms with van der Waals surface area (Å²) in [6.07, 6.45) is 6.48. The summed E-state index contributed by atoms with van der Waals surface area (Å²) in [6, 6.07) is 2.43. The van der Waals surface area contributed by atoms with Crippen molar-refractivity contribution < 1.29 is 4.74 Å². The van der Waals surface area contributed by atoms with Crippen LogP contribution in [0.1, 0.15) is 37.9 Å². The van der Waals surface area contributed by atoms with Gasteiger partial charge in [-0.15, -0.1) is 0 Å². The van der Waals surface area contributed by atoms with E-state index in [4.69, 9.17) is 4.74 Å². The van der Waals surface area contributed by atoms with E-state index in [1.54, 1.807) is 7.11 Å². The van der Waals surface area contributed by atoms with E-state index in [0.29, 0.717) is 11.9 Å². The van der Waals surface area contributed by atoms with Crippen LogP contribution in [0.25, 0.3) is 0 Å². The van der Waals surface area contributed by atoms with Gasteiger partial charge in [-0.25, -0.2) is 4.98 Å². The second-order valence-electron chi connectivity index (χ2n) is 4.32. The van der Waals surface area contributed by atoms with E-state index in [-0.39, 0.29) is 0 Å². The van der Waals surface area contributed by atoms with Crippen LogP contribution in [-0.4, -0.2) is 23.1 Å². The van der Waals surface area contributed by atoms with Crippen molar-refractivity contribution in [2.24, 2.45) is 0 Å². The molecule has 16 heavy (non-hydrogen) atoms. The first-order chi connectivity index (χ1) is 7.78. The topological polar surface area (TPSA) is 47.0 Å². The largest absolute Gasteiger partial charge is 0.481 e. The monoisotopic (exact) mass is 221 g/mol. The fourth-order valence-corrected chi connectivity index (χ4v) is 2.17. The second kappa shape index (κ2) is 5.14. The van der Waals surface area contributed by atoms with Crippen LogP contribution in [0.5, 0.6) is 5.88 Å². The number of aryl methyl sites for hydroxylation is 1. The number of hydrogen-bond donors (Lipinski definition) is 1. The SMILES string of the molecule is COc1cc(NC2CCCCC2)nc(C)n1. The third kappa shape index (κ3) is 2.84. The van der Waals surface area contributed by atoms with Crippen LogP contribution in [0.15, 0.2) is 6.07 Å². The minimum Gasteiger partial charge on any atom is -0.481 e. The summed E-state index contributed by atoms with van der Waals surface area (Å²) in [4.78, 5) is 8.55. The molecule has 1 aliphatic carbocycles. The van der Waals surface area contributed by atoms with Gasteiger partial charge in [0.15, 0.2) is 0 Å². The van der Waals surface area contributed by atoms with Crippen molar-refractivity contribution in [2.45, 2.75) is 45.1 Å². The number of hydrogen-bond acceptors (Lipinski definition) is 4. The Morgan fingerprint density at radius 1 is 1.25 bits per heavy atom. The van der Waals surface area contributed by atoms with Crippen molar-refractivity contribution in [1.29, 1.82) is 0 Å². The van der Waals surface area contributed by atoms with E-state index in [1.807, 2.05) is 13.0 Å². The fourth-order valence-electron chi connectivity index (χ4n) is 2.17. The van der Waals surface area contributed by atoms with Crippen LogP contribution >= 0.6 is 0 Å². The molecule has 1 N–H and O–H groups in total. The van der Waals surface area contributed by atoms with Crippen molar-refractivity contribution in [3.8, 4) is 5.88 Å². The minimum atomic E-state index is 0.563. The van der Waals surface area contributed by atoms with Crippen LogP contribution in [0.4, 0.5) is 5.82 Å². The average molecular weight is 221 g/mol. The Morgan fingerprint density at radius 3 is 2.69 bits per heavy atom. The molecule has 0 spiro atoms. The maximum Gasteiger partial charge on any atom is 0.218 e. The highest BCUT2D eigenvalue weighted by atomic mass is 16.5. The average Bonchev–Trinajstić information content (AvgIpc) is 2.29. The number of rotatable bonds is 3.